The van der Waals surface area contributed by atoms with Crippen LogP contribution in [-0.2, 0) is 17.1 Å². The van der Waals surface area contributed by atoms with Crippen LogP contribution in [0.3, 0.4) is 0 Å². The molecule has 0 fully saturated rings. The molecule has 160 valence electrons. The number of nitrogens with zero attached hydrogens (tertiary/aromatic N) is 3. The minimum atomic E-state index is -4.37. The first kappa shape index (κ1) is 21.4. The zero-order chi connectivity index (χ0) is 22.1. The maximum atomic E-state index is 14.2. The third-order valence-corrected chi connectivity index (χ3v) is 5.34. The average Bonchev–Trinajstić information content (AvgIpc) is 2.69. The molecule has 0 aliphatic rings. The van der Waals surface area contributed by atoms with Crippen LogP contribution < -0.4 is 19.8 Å². The number of halogens is 3. The third-order valence-electron chi connectivity index (χ3n) is 3.95. The highest BCUT2D eigenvalue weighted by atomic mass is 32.2. The van der Waals surface area contributed by atoms with Gasteiger partial charge in [0.15, 0.2) is 12.4 Å². The van der Waals surface area contributed by atoms with Crippen LogP contribution in [0.25, 0.3) is 10.8 Å². The minimum absolute atomic E-state index is 0.0647. The summed E-state index contributed by atoms with van der Waals surface area (Å²) in [6, 6.07) is 2.10. The highest BCUT2D eigenvalue weighted by Crippen LogP contribution is 2.31. The summed E-state index contributed by atoms with van der Waals surface area (Å²) in [5.74, 6) is -2.36. The highest BCUT2D eigenvalue weighted by Gasteiger charge is 2.23. The van der Waals surface area contributed by atoms with E-state index < -0.39 is 51.9 Å². The van der Waals surface area contributed by atoms with Gasteiger partial charge in [-0.25, -0.2) is 21.6 Å². The van der Waals surface area contributed by atoms with Crippen molar-refractivity contribution in [3.63, 3.8) is 0 Å². The van der Waals surface area contributed by atoms with E-state index in [9.17, 15) is 26.4 Å². The molecule has 0 unspecified atom stereocenters. The second-order valence-corrected chi connectivity index (χ2v) is 7.62. The molecule has 0 spiro atoms. The number of aromatic nitrogens is 3. The minimum Gasteiger partial charge on any atom is -0.479 e. The molecule has 0 aliphatic carbocycles. The first-order valence-electron chi connectivity index (χ1n) is 8.25. The topological polar surface area (TPSA) is 112 Å². The summed E-state index contributed by atoms with van der Waals surface area (Å²) in [6.07, 6.45) is 0.788. The molecule has 30 heavy (non-hydrogen) atoms. The lowest BCUT2D eigenvalue weighted by Crippen LogP contribution is -2.19. The molecule has 3 aromatic heterocycles. The van der Waals surface area contributed by atoms with Gasteiger partial charge < -0.3 is 14.0 Å². The number of fused-ring (bicyclic) bond motifs is 1. The molecule has 0 aliphatic heterocycles. The first-order chi connectivity index (χ1) is 14.1. The molecule has 0 aromatic carbocycles. The van der Waals surface area contributed by atoms with E-state index in [1.54, 1.807) is 0 Å². The Morgan fingerprint density at radius 3 is 2.63 bits per heavy atom. The summed E-state index contributed by atoms with van der Waals surface area (Å²) < 4.78 is 77.3. The van der Waals surface area contributed by atoms with Crippen LogP contribution in [0, 0.1) is 5.82 Å². The Morgan fingerprint density at radius 2 is 1.97 bits per heavy atom. The molecule has 3 aromatic rings. The smallest absolute Gasteiger partial charge is 0.272 e. The van der Waals surface area contributed by atoms with Gasteiger partial charge in [0.25, 0.3) is 27.9 Å². The molecule has 3 rings (SSSR count). The van der Waals surface area contributed by atoms with Crippen molar-refractivity contribution in [2.24, 2.45) is 7.05 Å². The Bertz CT molecular complexity index is 1260. The Hall–Kier alpha value is -3.35. The largest absolute Gasteiger partial charge is 0.479 e. The maximum absolute atomic E-state index is 14.2. The molecule has 9 nitrogen and oxygen atoms in total. The fourth-order valence-electron chi connectivity index (χ4n) is 2.58. The molecule has 1 N–H and O–H groups in total. The van der Waals surface area contributed by atoms with Gasteiger partial charge in [0.1, 0.15) is 10.6 Å². The number of nitrogens with one attached hydrogen (secondary N) is 1. The molecule has 0 atom stereocenters. The predicted octanol–water partition coefficient (Wildman–Crippen LogP) is 1.92. The van der Waals surface area contributed by atoms with Crippen LogP contribution in [0.2, 0.25) is 0 Å². The molecule has 3 heterocycles. The number of aryl methyl sites for hydroxylation is 1. The van der Waals surface area contributed by atoms with E-state index in [1.165, 1.54) is 30.1 Å². The Kier molecular flexibility index (Phi) is 5.82. The van der Waals surface area contributed by atoms with E-state index in [-0.39, 0.29) is 15.7 Å². The number of sulfonamides is 1. The summed E-state index contributed by atoms with van der Waals surface area (Å²) in [5.41, 5.74) is -0.858. The quantitative estimate of drug-likeness (QED) is 0.593. The summed E-state index contributed by atoms with van der Waals surface area (Å²) in [5, 5.41) is 0.166. The number of methoxy groups -OCH3 is 1. The van der Waals surface area contributed by atoms with Crippen molar-refractivity contribution >= 4 is 26.5 Å². The van der Waals surface area contributed by atoms with Gasteiger partial charge >= 0.3 is 0 Å². The van der Waals surface area contributed by atoms with Crippen LogP contribution in [0.4, 0.5) is 18.9 Å². The van der Waals surface area contributed by atoms with E-state index in [4.69, 9.17) is 4.74 Å². The number of pyridine rings is 3. The molecule has 0 amide bonds. The average molecular weight is 444 g/mol. The summed E-state index contributed by atoms with van der Waals surface area (Å²) >= 11 is 0. The zero-order valence-electron chi connectivity index (χ0n) is 15.6. The molecule has 0 saturated heterocycles. The summed E-state index contributed by atoms with van der Waals surface area (Å²) in [4.78, 5) is 19.3. The number of hydrogen-bond acceptors (Lipinski definition) is 7. The van der Waals surface area contributed by atoms with Crippen LogP contribution in [0.5, 0.6) is 11.8 Å². The molecule has 13 heteroatoms. The SMILES string of the molecule is COc1nc(OCC(F)F)c(F)cc1NS(=O)(=O)c1cncc2c(=O)n(C)ccc12. The van der Waals surface area contributed by atoms with Gasteiger partial charge in [-0.2, -0.15) is 4.98 Å². The van der Waals surface area contributed by atoms with E-state index in [0.29, 0.717) is 6.07 Å². The van der Waals surface area contributed by atoms with Gasteiger partial charge in [-0.15, -0.1) is 0 Å². The van der Waals surface area contributed by atoms with Crippen LogP contribution >= 0.6 is 0 Å². The Balaban J connectivity index is 2.04. The van der Waals surface area contributed by atoms with Crippen LogP contribution in [0.15, 0.2) is 40.4 Å². The third kappa shape index (κ3) is 4.15. The van der Waals surface area contributed by atoms with Crippen molar-refractivity contribution in [3.8, 4) is 11.8 Å². The summed E-state index contributed by atoms with van der Waals surface area (Å²) in [7, 11) is -1.74. The molecule has 0 bridgehead atoms. The Labute approximate surface area is 168 Å². The van der Waals surface area contributed by atoms with Gasteiger partial charge in [0.05, 0.1) is 12.5 Å². The number of hydrogen-bond donors (Lipinski definition) is 1. The number of anilines is 1. The fraction of sp³-hybridized carbons (Fsp3) is 0.235. The Morgan fingerprint density at radius 1 is 1.23 bits per heavy atom. The van der Waals surface area contributed by atoms with Crippen LogP contribution in [-0.4, -0.2) is 43.1 Å². The molecular weight excluding hydrogens is 429 g/mol. The molecule has 0 radical (unpaired) electrons. The monoisotopic (exact) mass is 444 g/mol. The number of alkyl halides is 2. The lowest BCUT2D eigenvalue weighted by atomic mass is 10.2. The van der Waals surface area contributed by atoms with Crippen molar-refractivity contribution in [1.29, 1.82) is 0 Å². The lowest BCUT2D eigenvalue weighted by molar-refractivity contribution is 0.0770. The second-order valence-electron chi connectivity index (χ2n) is 5.97. The molecule has 0 saturated carbocycles. The van der Waals surface area contributed by atoms with Gasteiger partial charge in [0.2, 0.25) is 5.88 Å². The van der Waals surface area contributed by atoms with Gasteiger partial charge in [-0.05, 0) is 6.07 Å². The maximum Gasteiger partial charge on any atom is 0.272 e. The van der Waals surface area contributed by atoms with Crippen molar-refractivity contribution in [3.05, 3.63) is 46.9 Å². The number of rotatable bonds is 7. The highest BCUT2D eigenvalue weighted by molar-refractivity contribution is 7.93. The van der Waals surface area contributed by atoms with E-state index in [0.717, 1.165) is 13.3 Å². The van der Waals surface area contributed by atoms with E-state index in [2.05, 4.69) is 19.4 Å². The molecular formula is C17H15F3N4O5S. The van der Waals surface area contributed by atoms with Crippen molar-refractivity contribution in [1.82, 2.24) is 14.5 Å². The van der Waals surface area contributed by atoms with Crippen molar-refractivity contribution in [2.75, 3.05) is 18.4 Å². The second kappa shape index (κ2) is 8.18. The first-order valence-corrected chi connectivity index (χ1v) is 9.74. The van der Waals surface area contributed by atoms with Gasteiger partial charge in [0, 0.05) is 37.1 Å². The zero-order valence-corrected chi connectivity index (χ0v) is 16.4. The van der Waals surface area contributed by atoms with Crippen molar-refractivity contribution in [2.45, 2.75) is 11.3 Å². The normalized spacial score (nSPS) is 11.7. The fourth-order valence-corrected chi connectivity index (χ4v) is 3.79. The predicted molar refractivity (Wildman–Crippen MR) is 100 cm³/mol. The van der Waals surface area contributed by atoms with Gasteiger partial charge in [-0.1, -0.05) is 0 Å². The van der Waals surface area contributed by atoms with E-state index >= 15 is 0 Å². The van der Waals surface area contributed by atoms with E-state index in [1.807, 2.05) is 0 Å². The lowest BCUT2D eigenvalue weighted by Gasteiger charge is -2.14. The number of ether oxygens (including phenoxy) is 2. The van der Waals surface area contributed by atoms with Gasteiger partial charge in [-0.3, -0.25) is 14.5 Å². The standard InChI is InChI=1S/C17H15F3N4O5S/c1-24-4-3-9-10(17(24)25)6-21-7-13(9)30(26,27)23-12-5-11(18)15(22-16(12)28-2)29-8-14(19)20/h3-7,14,23H,8H2,1-2H3. The summed E-state index contributed by atoms with van der Waals surface area (Å²) in [6.45, 7) is -1.10. The van der Waals surface area contributed by atoms with Crippen molar-refractivity contribution < 1.29 is 31.1 Å². The van der Waals surface area contributed by atoms with Crippen LogP contribution in [0.1, 0.15) is 0 Å².